The summed E-state index contributed by atoms with van der Waals surface area (Å²) in [5, 5.41) is 2.84. The van der Waals surface area contributed by atoms with E-state index in [1.165, 1.54) is 12.1 Å². The zero-order valence-electron chi connectivity index (χ0n) is 11.4. The predicted molar refractivity (Wildman–Crippen MR) is 76.9 cm³/mol. The molecule has 3 nitrogen and oxygen atoms in total. The molecule has 2 rings (SSSR count). The molecule has 1 amide bonds. The van der Waals surface area contributed by atoms with Crippen LogP contribution in [0.15, 0.2) is 54.6 Å². The number of anilines is 1. The standard InChI is InChI=1S/C16H17FN2O/c1-19(11-13-6-5-7-14(17)10-13)12-16(20)18-15-8-3-2-4-9-15/h2-10H,11-12H2,1H3,(H,18,20)/p+1. The van der Waals surface area contributed by atoms with Gasteiger partial charge in [0.15, 0.2) is 6.54 Å². The number of amides is 1. The van der Waals surface area contributed by atoms with E-state index in [0.717, 1.165) is 16.2 Å². The fourth-order valence-corrected chi connectivity index (χ4v) is 2.06. The van der Waals surface area contributed by atoms with Crippen molar-refractivity contribution in [3.05, 3.63) is 66.0 Å². The van der Waals surface area contributed by atoms with Crippen molar-refractivity contribution >= 4 is 11.6 Å². The number of likely N-dealkylation sites (N-methyl/N-ethyl adjacent to an activating group) is 1. The van der Waals surface area contributed by atoms with Crippen molar-refractivity contribution in [3.8, 4) is 0 Å². The van der Waals surface area contributed by atoms with Crippen LogP contribution in [0.2, 0.25) is 0 Å². The summed E-state index contributed by atoms with van der Waals surface area (Å²) in [5.74, 6) is -0.297. The van der Waals surface area contributed by atoms with E-state index in [-0.39, 0.29) is 11.7 Å². The number of hydrogen-bond acceptors (Lipinski definition) is 1. The van der Waals surface area contributed by atoms with E-state index >= 15 is 0 Å². The molecule has 0 saturated heterocycles. The van der Waals surface area contributed by atoms with E-state index in [0.29, 0.717) is 13.1 Å². The molecule has 0 bridgehead atoms. The van der Waals surface area contributed by atoms with Crippen LogP contribution < -0.4 is 10.2 Å². The van der Waals surface area contributed by atoms with Crippen LogP contribution in [0.1, 0.15) is 5.56 Å². The highest BCUT2D eigenvalue weighted by molar-refractivity contribution is 5.91. The second-order valence-corrected chi connectivity index (χ2v) is 4.85. The van der Waals surface area contributed by atoms with Crippen LogP contribution in [-0.4, -0.2) is 19.5 Å². The second-order valence-electron chi connectivity index (χ2n) is 4.85. The summed E-state index contributed by atoms with van der Waals surface area (Å²) in [6.07, 6.45) is 0. The third-order valence-electron chi connectivity index (χ3n) is 2.91. The number of hydrogen-bond donors (Lipinski definition) is 2. The molecule has 1 atom stereocenters. The first-order valence-corrected chi connectivity index (χ1v) is 6.54. The van der Waals surface area contributed by atoms with Gasteiger partial charge >= 0.3 is 0 Å². The summed E-state index contributed by atoms with van der Waals surface area (Å²) in [5.41, 5.74) is 1.67. The van der Waals surface area contributed by atoms with E-state index in [4.69, 9.17) is 0 Å². The molecule has 2 N–H and O–H groups in total. The molecule has 0 aliphatic carbocycles. The minimum atomic E-state index is -0.246. The Hall–Kier alpha value is -2.20. The van der Waals surface area contributed by atoms with Crippen LogP contribution in [0.25, 0.3) is 0 Å². The van der Waals surface area contributed by atoms with Gasteiger partial charge in [0.05, 0.1) is 7.05 Å². The van der Waals surface area contributed by atoms with Crippen molar-refractivity contribution in [3.63, 3.8) is 0 Å². The largest absolute Gasteiger partial charge is 0.326 e. The van der Waals surface area contributed by atoms with Crippen LogP contribution in [-0.2, 0) is 11.3 Å². The first-order valence-electron chi connectivity index (χ1n) is 6.54. The lowest BCUT2D eigenvalue weighted by Crippen LogP contribution is -3.08. The maximum Gasteiger partial charge on any atom is 0.279 e. The van der Waals surface area contributed by atoms with Gasteiger partial charge in [0.1, 0.15) is 12.4 Å². The number of halogens is 1. The summed E-state index contributed by atoms with van der Waals surface area (Å²) in [6.45, 7) is 0.950. The molecule has 2 aromatic carbocycles. The van der Waals surface area contributed by atoms with Crippen LogP contribution >= 0.6 is 0 Å². The molecule has 1 unspecified atom stereocenters. The van der Waals surface area contributed by atoms with Gasteiger partial charge in [-0.05, 0) is 24.3 Å². The minimum Gasteiger partial charge on any atom is -0.326 e. The molecule has 0 aromatic heterocycles. The van der Waals surface area contributed by atoms with Gasteiger partial charge in [-0.15, -0.1) is 0 Å². The molecule has 0 spiro atoms. The molecule has 104 valence electrons. The summed E-state index contributed by atoms with van der Waals surface area (Å²) in [7, 11) is 1.91. The molecule has 20 heavy (non-hydrogen) atoms. The number of benzene rings is 2. The Morgan fingerprint density at radius 1 is 1.15 bits per heavy atom. The van der Waals surface area contributed by atoms with Crippen LogP contribution in [0.3, 0.4) is 0 Å². The molecule has 0 saturated carbocycles. The average Bonchev–Trinajstić information content (AvgIpc) is 2.39. The lowest BCUT2D eigenvalue weighted by Gasteiger charge is -2.14. The minimum absolute atomic E-state index is 0.0508. The van der Waals surface area contributed by atoms with Crippen LogP contribution in [0.5, 0.6) is 0 Å². The maximum absolute atomic E-state index is 13.1. The molecule has 4 heteroatoms. The Labute approximate surface area is 118 Å². The zero-order valence-corrected chi connectivity index (χ0v) is 11.4. The zero-order chi connectivity index (χ0) is 14.4. The topological polar surface area (TPSA) is 33.5 Å². The number of carbonyl (C=O) groups excluding carboxylic acids is 1. The Kier molecular flexibility index (Phi) is 4.85. The van der Waals surface area contributed by atoms with E-state index in [2.05, 4.69) is 5.32 Å². The fourth-order valence-electron chi connectivity index (χ4n) is 2.06. The fraction of sp³-hybridized carbons (Fsp3) is 0.188. The summed E-state index contributed by atoms with van der Waals surface area (Å²) in [6, 6.07) is 15.8. The third kappa shape index (κ3) is 4.48. The lowest BCUT2D eigenvalue weighted by atomic mass is 10.2. The highest BCUT2D eigenvalue weighted by Gasteiger charge is 2.11. The molecular formula is C16H18FN2O+. The summed E-state index contributed by atoms with van der Waals surface area (Å²) in [4.78, 5) is 12.9. The molecular weight excluding hydrogens is 255 g/mol. The van der Waals surface area contributed by atoms with Gasteiger partial charge < -0.3 is 10.2 Å². The highest BCUT2D eigenvalue weighted by Crippen LogP contribution is 2.04. The normalized spacial score (nSPS) is 11.9. The molecule has 0 fully saturated rings. The van der Waals surface area contributed by atoms with Crippen molar-refractivity contribution in [2.75, 3.05) is 18.9 Å². The second kappa shape index (κ2) is 6.82. The van der Waals surface area contributed by atoms with Gasteiger partial charge in [-0.3, -0.25) is 4.79 Å². The van der Waals surface area contributed by atoms with Gasteiger partial charge in [0, 0.05) is 11.3 Å². The predicted octanol–water partition coefficient (Wildman–Crippen LogP) is 1.48. The average molecular weight is 273 g/mol. The summed E-state index contributed by atoms with van der Waals surface area (Å²) >= 11 is 0. The lowest BCUT2D eigenvalue weighted by molar-refractivity contribution is -0.885. The van der Waals surface area contributed by atoms with Crippen molar-refractivity contribution in [1.82, 2.24) is 0 Å². The number of nitrogens with one attached hydrogen (secondary N) is 2. The number of para-hydroxylation sites is 1. The van der Waals surface area contributed by atoms with Crippen molar-refractivity contribution in [2.45, 2.75) is 6.54 Å². The van der Waals surface area contributed by atoms with Gasteiger partial charge in [0.2, 0.25) is 0 Å². The summed E-state index contributed by atoms with van der Waals surface area (Å²) < 4.78 is 13.1. The number of carbonyl (C=O) groups is 1. The van der Waals surface area contributed by atoms with E-state index in [1.54, 1.807) is 6.07 Å². The number of rotatable bonds is 5. The van der Waals surface area contributed by atoms with Gasteiger partial charge in [-0.25, -0.2) is 4.39 Å². The molecule has 0 radical (unpaired) electrons. The quantitative estimate of drug-likeness (QED) is 0.850. The SMILES string of the molecule is C[NH+](CC(=O)Nc1ccccc1)Cc1cccc(F)c1. The Morgan fingerprint density at radius 3 is 2.60 bits per heavy atom. The van der Waals surface area contributed by atoms with E-state index in [9.17, 15) is 9.18 Å². The Bertz CT molecular complexity index is 572. The van der Waals surface area contributed by atoms with E-state index in [1.807, 2.05) is 43.4 Å². The first-order chi connectivity index (χ1) is 9.63. The molecule has 0 aliphatic heterocycles. The van der Waals surface area contributed by atoms with Crippen molar-refractivity contribution in [2.24, 2.45) is 0 Å². The smallest absolute Gasteiger partial charge is 0.279 e. The van der Waals surface area contributed by atoms with Crippen LogP contribution in [0.4, 0.5) is 10.1 Å². The third-order valence-corrected chi connectivity index (χ3v) is 2.91. The first kappa shape index (κ1) is 14.2. The van der Waals surface area contributed by atoms with Crippen LogP contribution in [0, 0.1) is 5.82 Å². The van der Waals surface area contributed by atoms with Gasteiger partial charge in [-0.2, -0.15) is 0 Å². The monoisotopic (exact) mass is 273 g/mol. The highest BCUT2D eigenvalue weighted by atomic mass is 19.1. The number of quaternary nitrogens is 1. The Balaban J connectivity index is 1.85. The van der Waals surface area contributed by atoms with Gasteiger partial charge in [-0.1, -0.05) is 30.3 Å². The van der Waals surface area contributed by atoms with Crippen molar-refractivity contribution in [1.29, 1.82) is 0 Å². The Morgan fingerprint density at radius 2 is 1.90 bits per heavy atom. The molecule has 2 aromatic rings. The molecule has 0 aliphatic rings. The van der Waals surface area contributed by atoms with E-state index < -0.39 is 0 Å². The molecule has 0 heterocycles. The maximum atomic E-state index is 13.1. The van der Waals surface area contributed by atoms with Gasteiger partial charge in [0.25, 0.3) is 5.91 Å². The van der Waals surface area contributed by atoms with Crippen molar-refractivity contribution < 1.29 is 14.1 Å².